The molecule has 22 heavy (non-hydrogen) atoms. The van der Waals surface area contributed by atoms with Crippen LogP contribution < -0.4 is 4.90 Å². The van der Waals surface area contributed by atoms with E-state index < -0.39 is 5.82 Å². The van der Waals surface area contributed by atoms with E-state index in [1.54, 1.807) is 6.07 Å². The molecule has 1 saturated heterocycles. The van der Waals surface area contributed by atoms with E-state index in [0.29, 0.717) is 18.3 Å². The minimum atomic E-state index is -0.588. The van der Waals surface area contributed by atoms with Crippen LogP contribution in [0.4, 0.5) is 10.1 Å². The van der Waals surface area contributed by atoms with Crippen molar-refractivity contribution in [3.8, 4) is 0 Å². The first-order valence-corrected chi connectivity index (χ1v) is 7.54. The number of benzene rings is 1. The van der Waals surface area contributed by atoms with Gasteiger partial charge in [0.2, 0.25) is 11.8 Å². The first kappa shape index (κ1) is 15.0. The molecule has 0 spiro atoms. The predicted octanol–water partition coefficient (Wildman–Crippen LogP) is 3.34. The summed E-state index contributed by atoms with van der Waals surface area (Å²) in [4.78, 5) is 17.9. The molecule has 0 bridgehead atoms. The van der Waals surface area contributed by atoms with Crippen LogP contribution in [-0.4, -0.2) is 22.6 Å². The first-order chi connectivity index (χ1) is 10.6. The van der Waals surface area contributed by atoms with E-state index in [1.165, 1.54) is 17.0 Å². The SMILES string of the molecule is CCCc1noc(C2CC(=O)N(c3cccc(Cl)c3F)C2)n1. The molecule has 1 aromatic carbocycles. The average molecular weight is 324 g/mol. The Bertz CT molecular complexity index is 704. The number of rotatable bonds is 4. The summed E-state index contributed by atoms with van der Waals surface area (Å²) in [5.41, 5.74) is 0.188. The largest absolute Gasteiger partial charge is 0.339 e. The quantitative estimate of drug-likeness (QED) is 0.866. The van der Waals surface area contributed by atoms with Gasteiger partial charge in [0, 0.05) is 19.4 Å². The molecule has 2 heterocycles. The zero-order valence-electron chi connectivity index (χ0n) is 12.1. The fourth-order valence-electron chi connectivity index (χ4n) is 2.57. The highest BCUT2D eigenvalue weighted by Gasteiger charge is 2.36. The van der Waals surface area contributed by atoms with Crippen LogP contribution in [-0.2, 0) is 11.2 Å². The second kappa shape index (κ2) is 6.04. The topological polar surface area (TPSA) is 59.2 Å². The van der Waals surface area contributed by atoms with Crippen molar-refractivity contribution in [1.29, 1.82) is 0 Å². The van der Waals surface area contributed by atoms with Crippen molar-refractivity contribution in [3.05, 3.63) is 40.8 Å². The third kappa shape index (κ3) is 2.70. The van der Waals surface area contributed by atoms with Gasteiger partial charge in [-0.1, -0.05) is 29.7 Å². The van der Waals surface area contributed by atoms with E-state index in [4.69, 9.17) is 16.1 Å². The maximum atomic E-state index is 14.1. The lowest BCUT2D eigenvalue weighted by molar-refractivity contribution is -0.117. The molecule has 5 nitrogen and oxygen atoms in total. The maximum Gasteiger partial charge on any atom is 0.232 e. The fraction of sp³-hybridized carbons (Fsp3) is 0.400. The van der Waals surface area contributed by atoms with Gasteiger partial charge in [-0.15, -0.1) is 0 Å². The van der Waals surface area contributed by atoms with Gasteiger partial charge in [0.15, 0.2) is 11.6 Å². The molecule has 1 fully saturated rings. The minimum Gasteiger partial charge on any atom is -0.339 e. The van der Waals surface area contributed by atoms with Gasteiger partial charge < -0.3 is 9.42 Å². The van der Waals surface area contributed by atoms with Crippen molar-refractivity contribution in [2.45, 2.75) is 32.1 Å². The smallest absolute Gasteiger partial charge is 0.232 e. The molecule has 1 unspecified atom stereocenters. The zero-order chi connectivity index (χ0) is 15.7. The van der Waals surface area contributed by atoms with Gasteiger partial charge in [-0.05, 0) is 18.6 Å². The highest BCUT2D eigenvalue weighted by Crippen LogP contribution is 2.34. The molecular formula is C15H15ClFN3O2. The number of aromatic nitrogens is 2. The average Bonchev–Trinajstić information content (AvgIpc) is 3.09. The zero-order valence-corrected chi connectivity index (χ0v) is 12.8. The van der Waals surface area contributed by atoms with Gasteiger partial charge in [0.25, 0.3) is 0 Å². The normalized spacial score (nSPS) is 18.2. The predicted molar refractivity (Wildman–Crippen MR) is 79.4 cm³/mol. The fourth-order valence-corrected chi connectivity index (χ4v) is 2.73. The molecule has 0 radical (unpaired) electrons. The molecule has 1 amide bonds. The van der Waals surface area contributed by atoms with Gasteiger partial charge in [0.05, 0.1) is 16.6 Å². The highest BCUT2D eigenvalue weighted by atomic mass is 35.5. The lowest BCUT2D eigenvalue weighted by Crippen LogP contribution is -2.25. The minimum absolute atomic E-state index is 0.00299. The van der Waals surface area contributed by atoms with Crippen LogP contribution in [0.5, 0.6) is 0 Å². The van der Waals surface area contributed by atoms with Crippen LogP contribution in [0.25, 0.3) is 0 Å². The molecule has 3 rings (SSSR count). The van der Waals surface area contributed by atoms with Crippen molar-refractivity contribution in [3.63, 3.8) is 0 Å². The summed E-state index contributed by atoms with van der Waals surface area (Å²) in [6.45, 7) is 2.34. The molecule has 1 aromatic heterocycles. The molecule has 1 atom stereocenters. The standard InChI is InChI=1S/C15H15ClFN3O2/c1-2-4-12-18-15(22-19-12)9-7-13(21)20(8-9)11-6-3-5-10(16)14(11)17/h3,5-6,9H,2,4,7-8H2,1H3. The number of carbonyl (C=O) groups excluding carboxylic acids is 1. The Hall–Kier alpha value is -1.95. The van der Waals surface area contributed by atoms with Crippen molar-refractivity contribution in [2.24, 2.45) is 0 Å². The molecule has 116 valence electrons. The third-order valence-corrected chi connectivity index (χ3v) is 3.95. The van der Waals surface area contributed by atoms with Gasteiger partial charge in [-0.3, -0.25) is 4.79 Å². The number of aryl methyl sites for hydroxylation is 1. The molecule has 1 aliphatic rings. The third-order valence-electron chi connectivity index (χ3n) is 3.65. The molecule has 0 aliphatic carbocycles. The number of hydrogen-bond acceptors (Lipinski definition) is 4. The first-order valence-electron chi connectivity index (χ1n) is 7.17. The van der Waals surface area contributed by atoms with Gasteiger partial charge in [-0.2, -0.15) is 4.98 Å². The number of halogens is 2. The van der Waals surface area contributed by atoms with Gasteiger partial charge in [-0.25, -0.2) is 4.39 Å². The number of carbonyl (C=O) groups is 1. The number of anilines is 1. The van der Waals surface area contributed by atoms with Crippen LogP contribution in [0.2, 0.25) is 5.02 Å². The van der Waals surface area contributed by atoms with Gasteiger partial charge >= 0.3 is 0 Å². The summed E-state index contributed by atoms with van der Waals surface area (Å²) in [5, 5.41) is 3.89. The summed E-state index contributed by atoms with van der Waals surface area (Å²) in [6.07, 6.45) is 1.87. The second-order valence-corrected chi connectivity index (χ2v) is 5.68. The summed E-state index contributed by atoms with van der Waals surface area (Å²) in [7, 11) is 0. The summed E-state index contributed by atoms with van der Waals surface area (Å²) in [5.74, 6) is 0.0832. The summed E-state index contributed by atoms with van der Waals surface area (Å²) < 4.78 is 19.3. The molecule has 0 saturated carbocycles. The number of nitrogens with zero attached hydrogens (tertiary/aromatic N) is 3. The van der Waals surface area contributed by atoms with Crippen molar-refractivity contribution in [1.82, 2.24) is 10.1 Å². The van der Waals surface area contributed by atoms with Crippen LogP contribution >= 0.6 is 11.6 Å². The Morgan fingerprint density at radius 1 is 1.50 bits per heavy atom. The number of hydrogen-bond donors (Lipinski definition) is 0. The Kier molecular flexibility index (Phi) is 4.11. The lowest BCUT2D eigenvalue weighted by Gasteiger charge is -2.17. The highest BCUT2D eigenvalue weighted by molar-refractivity contribution is 6.31. The van der Waals surface area contributed by atoms with E-state index in [1.807, 2.05) is 6.92 Å². The molecule has 1 aliphatic heterocycles. The van der Waals surface area contributed by atoms with E-state index in [9.17, 15) is 9.18 Å². The molecular weight excluding hydrogens is 309 g/mol. The summed E-state index contributed by atoms with van der Waals surface area (Å²) >= 11 is 5.78. The van der Waals surface area contributed by atoms with E-state index >= 15 is 0 Å². The Morgan fingerprint density at radius 3 is 3.09 bits per heavy atom. The lowest BCUT2D eigenvalue weighted by atomic mass is 10.1. The van der Waals surface area contributed by atoms with Crippen LogP contribution in [0, 0.1) is 5.82 Å². The monoisotopic (exact) mass is 323 g/mol. The molecule has 0 N–H and O–H groups in total. The van der Waals surface area contributed by atoms with E-state index in [-0.39, 0.29) is 29.0 Å². The van der Waals surface area contributed by atoms with Crippen LogP contribution in [0.15, 0.2) is 22.7 Å². The van der Waals surface area contributed by atoms with Crippen molar-refractivity contribution < 1.29 is 13.7 Å². The van der Waals surface area contributed by atoms with Crippen LogP contribution in [0.1, 0.15) is 37.4 Å². The van der Waals surface area contributed by atoms with E-state index in [0.717, 1.165) is 12.8 Å². The second-order valence-electron chi connectivity index (χ2n) is 5.28. The van der Waals surface area contributed by atoms with Gasteiger partial charge in [0.1, 0.15) is 0 Å². The summed E-state index contributed by atoms with van der Waals surface area (Å²) in [6, 6.07) is 4.61. The Labute approximate surface area is 132 Å². The van der Waals surface area contributed by atoms with Crippen molar-refractivity contribution >= 4 is 23.2 Å². The molecule has 7 heteroatoms. The number of amides is 1. The van der Waals surface area contributed by atoms with Crippen LogP contribution in [0.3, 0.4) is 0 Å². The maximum absolute atomic E-state index is 14.1. The molecule has 2 aromatic rings. The van der Waals surface area contributed by atoms with Crippen molar-refractivity contribution in [2.75, 3.05) is 11.4 Å². The Balaban J connectivity index is 1.82. The van der Waals surface area contributed by atoms with E-state index in [2.05, 4.69) is 10.1 Å². The Morgan fingerprint density at radius 2 is 2.32 bits per heavy atom.